The van der Waals surface area contributed by atoms with Crippen LogP contribution in [0.4, 0.5) is 13.2 Å². The fourth-order valence-corrected chi connectivity index (χ4v) is 5.04. The van der Waals surface area contributed by atoms with Crippen molar-refractivity contribution in [3.8, 4) is 23.1 Å². The number of ether oxygens (including phenoxy) is 1. The quantitative estimate of drug-likeness (QED) is 0.272. The van der Waals surface area contributed by atoms with Crippen molar-refractivity contribution in [2.75, 3.05) is 33.9 Å². The van der Waals surface area contributed by atoms with Crippen LogP contribution in [0.5, 0.6) is 5.75 Å². The summed E-state index contributed by atoms with van der Waals surface area (Å²) in [5.74, 6) is 0.0291. The molecule has 9 nitrogen and oxygen atoms in total. The van der Waals surface area contributed by atoms with E-state index in [2.05, 4.69) is 16.2 Å². The average Bonchev–Trinajstić information content (AvgIpc) is 3.39. The van der Waals surface area contributed by atoms with Crippen LogP contribution < -0.4 is 4.74 Å². The Morgan fingerprint density at radius 1 is 1.12 bits per heavy atom. The van der Waals surface area contributed by atoms with Gasteiger partial charge in [-0.15, -0.1) is 0 Å². The summed E-state index contributed by atoms with van der Waals surface area (Å²) >= 11 is 0. The summed E-state index contributed by atoms with van der Waals surface area (Å²) in [6.45, 7) is 5.35. The van der Waals surface area contributed by atoms with Gasteiger partial charge in [0.1, 0.15) is 11.3 Å². The molecule has 2 heterocycles. The Morgan fingerprint density at radius 3 is 2.30 bits per heavy atom. The van der Waals surface area contributed by atoms with E-state index in [9.17, 15) is 23.1 Å². The molecule has 0 spiro atoms. The number of rotatable bonds is 10. The number of aromatic nitrogens is 3. The first-order valence-corrected chi connectivity index (χ1v) is 13.6. The van der Waals surface area contributed by atoms with Gasteiger partial charge in [-0.05, 0) is 69.8 Å². The van der Waals surface area contributed by atoms with Gasteiger partial charge in [-0.1, -0.05) is 12.1 Å². The number of likely N-dealkylation sites (N-methyl/N-ethyl adjacent to an activating group) is 1. The van der Waals surface area contributed by atoms with E-state index in [0.29, 0.717) is 27.9 Å². The van der Waals surface area contributed by atoms with Gasteiger partial charge < -0.3 is 14.7 Å². The number of nitriles is 1. The number of carbonyl (C=O) groups is 1. The summed E-state index contributed by atoms with van der Waals surface area (Å²) in [6, 6.07) is 14.8. The van der Waals surface area contributed by atoms with Crippen molar-refractivity contribution >= 4 is 11.6 Å². The Labute approximate surface area is 247 Å². The van der Waals surface area contributed by atoms with Crippen LogP contribution in [0.2, 0.25) is 0 Å². The molecule has 0 saturated carbocycles. The number of aliphatic hydroxyl groups is 1. The zero-order chi connectivity index (χ0) is 31.5. The van der Waals surface area contributed by atoms with Crippen LogP contribution in [-0.2, 0) is 6.18 Å². The molecule has 0 fully saturated rings. The van der Waals surface area contributed by atoms with Crippen molar-refractivity contribution in [1.29, 1.82) is 5.26 Å². The molecule has 2 aromatic heterocycles. The fraction of sp³-hybridized carbons (Fsp3) is 0.355. The number of hydrogen-bond donors (Lipinski definition) is 1. The number of amides is 1. The number of carbonyl (C=O) groups excluding carboxylic acids is 1. The maximum absolute atomic E-state index is 14.3. The van der Waals surface area contributed by atoms with Crippen molar-refractivity contribution in [2.45, 2.75) is 39.0 Å². The van der Waals surface area contributed by atoms with Crippen LogP contribution in [0.1, 0.15) is 52.6 Å². The lowest BCUT2D eigenvalue weighted by Crippen LogP contribution is -2.43. The molecule has 4 aromatic rings. The lowest BCUT2D eigenvalue weighted by atomic mass is 10.0. The minimum Gasteiger partial charge on any atom is -0.497 e. The zero-order valence-electron chi connectivity index (χ0n) is 24.6. The molecular weight excluding hydrogens is 561 g/mol. The van der Waals surface area contributed by atoms with Gasteiger partial charge in [0, 0.05) is 30.3 Å². The number of alkyl halides is 3. The van der Waals surface area contributed by atoms with Crippen molar-refractivity contribution in [3.63, 3.8) is 0 Å². The molecule has 1 unspecified atom stereocenters. The average molecular weight is 595 g/mol. The first-order chi connectivity index (χ1) is 20.4. The molecule has 0 saturated heterocycles. The molecule has 2 aromatic carbocycles. The Kier molecular flexibility index (Phi) is 9.37. The van der Waals surface area contributed by atoms with E-state index in [4.69, 9.17) is 10.00 Å². The van der Waals surface area contributed by atoms with Gasteiger partial charge in [0.15, 0.2) is 11.3 Å². The highest BCUT2D eigenvalue weighted by molar-refractivity contribution is 6.00. The third-order valence-electron chi connectivity index (χ3n) is 7.45. The molecule has 0 aliphatic rings. The van der Waals surface area contributed by atoms with E-state index in [1.54, 1.807) is 60.5 Å². The van der Waals surface area contributed by atoms with Crippen LogP contribution in [0.15, 0.2) is 54.7 Å². The van der Waals surface area contributed by atoms with Crippen molar-refractivity contribution < 1.29 is 27.8 Å². The molecule has 0 bridgehead atoms. The van der Waals surface area contributed by atoms with Gasteiger partial charge in [-0.25, -0.2) is 9.50 Å². The number of methoxy groups -OCH3 is 1. The highest BCUT2D eigenvalue weighted by Gasteiger charge is 2.39. The molecule has 1 amide bonds. The second-order valence-corrected chi connectivity index (χ2v) is 10.5. The molecule has 12 heteroatoms. The number of hydrogen-bond acceptors (Lipinski definition) is 7. The Balaban J connectivity index is 1.69. The van der Waals surface area contributed by atoms with E-state index in [1.165, 1.54) is 14.0 Å². The predicted octanol–water partition coefficient (Wildman–Crippen LogP) is 5.12. The largest absolute Gasteiger partial charge is 0.497 e. The molecule has 0 aliphatic carbocycles. The van der Waals surface area contributed by atoms with Crippen LogP contribution in [-0.4, -0.2) is 75.3 Å². The number of aliphatic hydroxyl groups excluding tert-OH is 1. The molecule has 1 atom stereocenters. The van der Waals surface area contributed by atoms with Gasteiger partial charge in [-0.3, -0.25) is 9.69 Å². The minimum absolute atomic E-state index is 0.0533. The summed E-state index contributed by atoms with van der Waals surface area (Å²) in [6.07, 6.45) is -3.63. The summed E-state index contributed by atoms with van der Waals surface area (Å²) < 4.78 is 48.9. The van der Waals surface area contributed by atoms with E-state index < -0.39 is 17.8 Å². The topological polar surface area (TPSA) is 107 Å². The van der Waals surface area contributed by atoms with E-state index in [1.807, 2.05) is 18.7 Å². The normalized spacial score (nSPS) is 12.5. The molecule has 0 radical (unpaired) electrons. The number of fused-ring (bicyclic) bond motifs is 1. The summed E-state index contributed by atoms with van der Waals surface area (Å²) in [4.78, 5) is 21.8. The Hall–Kier alpha value is -4.47. The highest BCUT2D eigenvalue weighted by atomic mass is 19.4. The third-order valence-corrected chi connectivity index (χ3v) is 7.45. The highest BCUT2D eigenvalue weighted by Crippen LogP contribution is 2.37. The molecular formula is C31H33F3N6O3. The van der Waals surface area contributed by atoms with Crippen molar-refractivity contribution in [3.05, 3.63) is 82.7 Å². The molecule has 4 rings (SSSR count). The molecule has 0 aliphatic heterocycles. The Morgan fingerprint density at radius 2 is 1.77 bits per heavy atom. The van der Waals surface area contributed by atoms with Gasteiger partial charge >= 0.3 is 6.18 Å². The predicted molar refractivity (Wildman–Crippen MR) is 155 cm³/mol. The first kappa shape index (κ1) is 31.5. The first-order valence-electron chi connectivity index (χ1n) is 13.6. The van der Waals surface area contributed by atoms with Crippen LogP contribution in [0.25, 0.3) is 16.9 Å². The van der Waals surface area contributed by atoms with Gasteiger partial charge in [-0.2, -0.15) is 23.5 Å². The van der Waals surface area contributed by atoms with Crippen LogP contribution in [0, 0.1) is 18.3 Å². The number of nitrogens with zero attached hydrogens (tertiary/aromatic N) is 6. The SMILES string of the molecule is COc1ccc(-c2nc3c(C(=O)N(CCN(C)C(CO)c4ccc(C#N)cc4)C(C)C)cnn3c(C(F)(F)F)c2C)cc1. The minimum atomic E-state index is -4.76. The zero-order valence-corrected chi connectivity index (χ0v) is 24.6. The standard InChI is InChI=1S/C31H33F3N6O3/c1-19(2)39(15-14-38(4)26(18-41)22-8-6-21(16-35)7-9-22)30(42)25-17-36-40-28(31(32,33)34)20(3)27(37-29(25)40)23-10-12-24(43-5)13-11-23/h6-13,17,19,26,41H,14-15,18H2,1-5H3. The Bertz CT molecular complexity index is 1630. The lowest BCUT2D eigenvalue weighted by Gasteiger charge is -2.32. The lowest BCUT2D eigenvalue weighted by molar-refractivity contribution is -0.143. The monoisotopic (exact) mass is 594 g/mol. The van der Waals surface area contributed by atoms with Gasteiger partial charge in [0.2, 0.25) is 0 Å². The third kappa shape index (κ3) is 6.48. The fourth-order valence-electron chi connectivity index (χ4n) is 5.04. The summed E-state index contributed by atoms with van der Waals surface area (Å²) in [5, 5.41) is 23.1. The molecule has 226 valence electrons. The summed E-state index contributed by atoms with van der Waals surface area (Å²) in [7, 11) is 3.30. The number of benzene rings is 2. The number of halogens is 3. The second-order valence-electron chi connectivity index (χ2n) is 10.5. The maximum Gasteiger partial charge on any atom is 0.433 e. The van der Waals surface area contributed by atoms with E-state index in [-0.39, 0.29) is 47.7 Å². The summed E-state index contributed by atoms with van der Waals surface area (Å²) in [5.41, 5.74) is 0.451. The van der Waals surface area contributed by atoms with Crippen molar-refractivity contribution in [2.24, 2.45) is 0 Å². The second kappa shape index (κ2) is 12.8. The van der Waals surface area contributed by atoms with E-state index >= 15 is 0 Å². The molecule has 1 N–H and O–H groups in total. The van der Waals surface area contributed by atoms with E-state index in [0.717, 1.165) is 11.8 Å². The van der Waals surface area contributed by atoms with Crippen LogP contribution >= 0.6 is 0 Å². The van der Waals surface area contributed by atoms with Crippen LogP contribution in [0.3, 0.4) is 0 Å². The molecule has 43 heavy (non-hydrogen) atoms. The maximum atomic E-state index is 14.3. The van der Waals surface area contributed by atoms with Gasteiger partial charge in [0.05, 0.1) is 43.3 Å². The van der Waals surface area contributed by atoms with Gasteiger partial charge in [0.25, 0.3) is 5.91 Å². The smallest absolute Gasteiger partial charge is 0.433 e. The van der Waals surface area contributed by atoms with Crippen molar-refractivity contribution in [1.82, 2.24) is 24.4 Å².